The van der Waals surface area contributed by atoms with Crippen LogP contribution in [0.4, 0.5) is 5.69 Å². The number of sulfonamides is 1. The second-order valence-corrected chi connectivity index (χ2v) is 11.2. The number of nitrogens with zero attached hydrogens (tertiary/aromatic N) is 2. The second kappa shape index (κ2) is 11.7. The Bertz CT molecular complexity index is 1520. The van der Waals surface area contributed by atoms with Gasteiger partial charge in [0.15, 0.2) is 0 Å². The molecule has 0 spiro atoms. The maximum absolute atomic E-state index is 14.0. The fraction of sp³-hybridized carbons (Fsp3) is 0.167. The monoisotopic (exact) mass is 548 g/mol. The molecule has 0 fully saturated rings. The molecule has 0 aliphatic rings. The Morgan fingerprint density at radius 2 is 1.47 bits per heavy atom. The first-order chi connectivity index (χ1) is 18.2. The highest BCUT2D eigenvalue weighted by atomic mass is 35.5. The van der Waals surface area contributed by atoms with Crippen LogP contribution in [0.1, 0.15) is 27.0 Å². The van der Waals surface area contributed by atoms with Crippen molar-refractivity contribution in [2.24, 2.45) is 0 Å². The molecule has 0 atom stereocenters. The highest BCUT2D eigenvalue weighted by molar-refractivity contribution is 7.92. The third kappa shape index (κ3) is 6.01. The van der Waals surface area contributed by atoms with Crippen LogP contribution in [0.15, 0.2) is 102 Å². The van der Waals surface area contributed by atoms with Crippen molar-refractivity contribution in [1.29, 1.82) is 0 Å². The molecule has 38 heavy (non-hydrogen) atoms. The van der Waals surface area contributed by atoms with Gasteiger partial charge < -0.3 is 9.64 Å². The fourth-order valence-corrected chi connectivity index (χ4v) is 5.73. The van der Waals surface area contributed by atoms with E-state index in [1.54, 1.807) is 91.9 Å². The van der Waals surface area contributed by atoms with Crippen LogP contribution in [-0.2, 0) is 23.1 Å². The van der Waals surface area contributed by atoms with Crippen LogP contribution in [0, 0.1) is 6.92 Å². The zero-order chi connectivity index (χ0) is 27.3. The summed E-state index contributed by atoms with van der Waals surface area (Å²) in [6.07, 6.45) is 0. The van der Waals surface area contributed by atoms with Crippen molar-refractivity contribution in [3.05, 3.63) is 124 Å². The van der Waals surface area contributed by atoms with Gasteiger partial charge in [0.05, 0.1) is 29.8 Å². The van der Waals surface area contributed by atoms with Gasteiger partial charge in [0, 0.05) is 24.2 Å². The summed E-state index contributed by atoms with van der Waals surface area (Å²) in [6, 6.07) is 27.9. The summed E-state index contributed by atoms with van der Waals surface area (Å²) in [7, 11) is -0.753. The third-order valence-corrected chi connectivity index (χ3v) is 8.22. The van der Waals surface area contributed by atoms with E-state index in [-0.39, 0.29) is 22.9 Å². The lowest BCUT2D eigenvalue weighted by Crippen LogP contribution is -2.34. The average molecular weight is 549 g/mol. The highest BCUT2D eigenvalue weighted by Crippen LogP contribution is 2.31. The van der Waals surface area contributed by atoms with Gasteiger partial charge in [-0.15, -0.1) is 0 Å². The predicted octanol–water partition coefficient (Wildman–Crippen LogP) is 6.32. The topological polar surface area (TPSA) is 66.9 Å². The summed E-state index contributed by atoms with van der Waals surface area (Å²) in [4.78, 5) is 15.4. The summed E-state index contributed by atoms with van der Waals surface area (Å²) < 4.78 is 34.7. The number of anilines is 1. The number of hydrogen-bond acceptors (Lipinski definition) is 4. The van der Waals surface area contributed by atoms with Gasteiger partial charge in [-0.3, -0.25) is 9.10 Å². The molecule has 6 nitrogen and oxygen atoms in total. The molecule has 0 aliphatic heterocycles. The van der Waals surface area contributed by atoms with Crippen LogP contribution in [0.5, 0.6) is 5.75 Å². The van der Waals surface area contributed by atoms with E-state index in [0.29, 0.717) is 23.0 Å². The molecule has 0 aliphatic carbocycles. The summed E-state index contributed by atoms with van der Waals surface area (Å²) in [5.74, 6) is 0.360. The molecule has 0 unspecified atom stereocenters. The van der Waals surface area contributed by atoms with Crippen LogP contribution in [0.3, 0.4) is 0 Å². The number of aryl methyl sites for hydroxylation is 1. The first kappa shape index (κ1) is 27.2. The smallest absolute Gasteiger partial charge is 0.264 e. The molecule has 8 heteroatoms. The Hall–Kier alpha value is -3.81. The molecule has 0 radical (unpaired) electrons. The summed E-state index contributed by atoms with van der Waals surface area (Å²) in [5.41, 5.74) is 3.08. The molecule has 0 N–H and O–H groups in total. The molecular weight excluding hydrogens is 520 g/mol. The number of methoxy groups -OCH3 is 1. The van der Waals surface area contributed by atoms with Crippen molar-refractivity contribution in [1.82, 2.24) is 4.90 Å². The minimum Gasteiger partial charge on any atom is -0.496 e. The van der Waals surface area contributed by atoms with E-state index >= 15 is 0 Å². The molecule has 0 saturated heterocycles. The Kier molecular flexibility index (Phi) is 8.39. The normalized spacial score (nSPS) is 11.2. The van der Waals surface area contributed by atoms with E-state index in [2.05, 4.69) is 0 Å². The second-order valence-electron chi connectivity index (χ2n) is 8.94. The number of rotatable bonds is 9. The lowest BCUT2D eigenvalue weighted by molar-refractivity contribution is 0.0785. The maximum atomic E-state index is 14.0. The van der Waals surface area contributed by atoms with Crippen molar-refractivity contribution >= 4 is 33.2 Å². The molecule has 4 aromatic rings. The largest absolute Gasteiger partial charge is 0.496 e. The summed E-state index contributed by atoms with van der Waals surface area (Å²) in [5, 5.41) is 0.551. The highest BCUT2D eigenvalue weighted by Gasteiger charge is 2.29. The van der Waals surface area contributed by atoms with Crippen LogP contribution < -0.4 is 9.04 Å². The fourth-order valence-electron chi connectivity index (χ4n) is 4.13. The quantitative estimate of drug-likeness (QED) is 0.245. The summed E-state index contributed by atoms with van der Waals surface area (Å²) in [6.45, 7) is 2.21. The number of para-hydroxylation sites is 2. The average Bonchev–Trinajstić information content (AvgIpc) is 2.92. The molecule has 4 rings (SSSR count). The Morgan fingerprint density at radius 3 is 2.16 bits per heavy atom. The van der Waals surface area contributed by atoms with E-state index in [0.717, 1.165) is 16.7 Å². The lowest BCUT2D eigenvalue weighted by atomic mass is 10.1. The SMILES string of the molecule is COc1ccccc1CN(C)C(=O)c1ccccc1N(Cc1ccc(Cl)cc1)S(=O)(=O)c1ccc(C)cc1. The van der Waals surface area contributed by atoms with E-state index in [4.69, 9.17) is 16.3 Å². The molecule has 196 valence electrons. The lowest BCUT2D eigenvalue weighted by Gasteiger charge is -2.28. The molecule has 4 aromatic carbocycles. The van der Waals surface area contributed by atoms with Gasteiger partial charge in [-0.25, -0.2) is 8.42 Å². The molecule has 0 aromatic heterocycles. The molecular formula is C30H29ClN2O4S. The molecule has 0 heterocycles. The van der Waals surface area contributed by atoms with E-state index in [1.807, 2.05) is 31.2 Å². The Morgan fingerprint density at radius 1 is 0.842 bits per heavy atom. The zero-order valence-electron chi connectivity index (χ0n) is 21.5. The Balaban J connectivity index is 1.76. The van der Waals surface area contributed by atoms with Gasteiger partial charge in [0.1, 0.15) is 5.75 Å². The number of ether oxygens (including phenoxy) is 1. The number of amides is 1. The van der Waals surface area contributed by atoms with E-state index < -0.39 is 10.0 Å². The Labute approximate surface area is 229 Å². The first-order valence-electron chi connectivity index (χ1n) is 12.0. The van der Waals surface area contributed by atoms with Crippen LogP contribution in [0.25, 0.3) is 0 Å². The van der Waals surface area contributed by atoms with Crippen molar-refractivity contribution in [2.75, 3.05) is 18.5 Å². The first-order valence-corrected chi connectivity index (χ1v) is 13.8. The summed E-state index contributed by atoms with van der Waals surface area (Å²) >= 11 is 6.06. The van der Waals surface area contributed by atoms with Gasteiger partial charge in [-0.2, -0.15) is 0 Å². The van der Waals surface area contributed by atoms with Gasteiger partial charge in [-0.05, 0) is 55.0 Å². The van der Waals surface area contributed by atoms with Gasteiger partial charge >= 0.3 is 0 Å². The van der Waals surface area contributed by atoms with Crippen molar-refractivity contribution in [3.8, 4) is 5.75 Å². The molecule has 0 bridgehead atoms. The number of carbonyl (C=O) groups excluding carboxylic acids is 1. The van der Waals surface area contributed by atoms with Crippen molar-refractivity contribution in [2.45, 2.75) is 24.9 Å². The standard InChI is InChI=1S/C30H29ClN2O4S/c1-22-12-18-26(19-13-22)38(35,36)33(20-23-14-16-25(31)17-15-23)28-10-6-5-9-27(28)30(34)32(2)21-24-8-4-7-11-29(24)37-3/h4-19H,20-21H2,1-3H3. The molecule has 0 saturated carbocycles. The predicted molar refractivity (Wildman–Crippen MR) is 151 cm³/mol. The third-order valence-electron chi connectivity index (χ3n) is 6.20. The molecule has 1 amide bonds. The van der Waals surface area contributed by atoms with Crippen LogP contribution >= 0.6 is 11.6 Å². The number of hydrogen-bond donors (Lipinski definition) is 0. The number of benzene rings is 4. The van der Waals surface area contributed by atoms with Gasteiger partial charge in [-0.1, -0.05) is 71.8 Å². The zero-order valence-corrected chi connectivity index (χ0v) is 23.0. The van der Waals surface area contributed by atoms with Crippen LogP contribution in [0.2, 0.25) is 5.02 Å². The van der Waals surface area contributed by atoms with E-state index in [1.165, 1.54) is 4.31 Å². The number of halogens is 1. The maximum Gasteiger partial charge on any atom is 0.264 e. The van der Waals surface area contributed by atoms with E-state index in [9.17, 15) is 13.2 Å². The minimum atomic E-state index is -4.02. The van der Waals surface area contributed by atoms with Gasteiger partial charge in [0.2, 0.25) is 0 Å². The minimum absolute atomic E-state index is 0.0217. The van der Waals surface area contributed by atoms with Crippen molar-refractivity contribution < 1.29 is 17.9 Å². The van der Waals surface area contributed by atoms with Crippen molar-refractivity contribution in [3.63, 3.8) is 0 Å². The van der Waals surface area contributed by atoms with Gasteiger partial charge in [0.25, 0.3) is 15.9 Å². The number of carbonyl (C=O) groups is 1. The van der Waals surface area contributed by atoms with Crippen LogP contribution in [-0.4, -0.2) is 33.4 Å².